The standard InChI is InChI=1S/C14H13N3/c1-10-6-2-3-7-11(10)14-16-12-8-4-5-9-13(12)17(14)15/h2-9H,15H2,1H3. The van der Waals surface area contributed by atoms with Gasteiger partial charge in [-0.25, -0.2) is 9.66 Å². The van der Waals surface area contributed by atoms with Crippen molar-refractivity contribution in [2.24, 2.45) is 0 Å². The van der Waals surface area contributed by atoms with Gasteiger partial charge in [-0.2, -0.15) is 0 Å². The molecule has 0 aliphatic carbocycles. The van der Waals surface area contributed by atoms with Gasteiger partial charge in [-0.1, -0.05) is 36.4 Å². The van der Waals surface area contributed by atoms with Gasteiger partial charge in [-0.15, -0.1) is 0 Å². The number of rotatable bonds is 1. The highest BCUT2D eigenvalue weighted by atomic mass is 15.3. The molecule has 17 heavy (non-hydrogen) atoms. The maximum atomic E-state index is 6.09. The third kappa shape index (κ3) is 1.47. The van der Waals surface area contributed by atoms with Crippen molar-refractivity contribution in [2.45, 2.75) is 6.92 Å². The van der Waals surface area contributed by atoms with E-state index in [0.29, 0.717) is 0 Å². The molecule has 1 aromatic heterocycles. The maximum Gasteiger partial charge on any atom is 0.159 e. The van der Waals surface area contributed by atoms with E-state index in [-0.39, 0.29) is 0 Å². The molecule has 0 unspecified atom stereocenters. The molecular formula is C14H13N3. The summed E-state index contributed by atoms with van der Waals surface area (Å²) in [5.41, 5.74) is 4.12. The number of fused-ring (bicyclic) bond motifs is 1. The average Bonchev–Trinajstić information content (AvgIpc) is 2.68. The molecule has 0 amide bonds. The summed E-state index contributed by atoms with van der Waals surface area (Å²) >= 11 is 0. The molecule has 0 saturated heterocycles. The predicted molar refractivity (Wildman–Crippen MR) is 70.1 cm³/mol. The lowest BCUT2D eigenvalue weighted by molar-refractivity contribution is 1.04. The third-order valence-electron chi connectivity index (χ3n) is 2.98. The second-order valence-electron chi connectivity index (χ2n) is 4.11. The Morgan fingerprint density at radius 1 is 1.00 bits per heavy atom. The fraction of sp³-hybridized carbons (Fsp3) is 0.0714. The first-order valence-corrected chi connectivity index (χ1v) is 5.56. The molecule has 3 rings (SSSR count). The first kappa shape index (κ1) is 9.90. The molecule has 84 valence electrons. The number of nitrogens with two attached hydrogens (primary N) is 1. The van der Waals surface area contributed by atoms with Crippen LogP contribution >= 0.6 is 0 Å². The van der Waals surface area contributed by atoms with Crippen LogP contribution in [0.3, 0.4) is 0 Å². The molecule has 0 spiro atoms. The Balaban J connectivity index is 2.32. The van der Waals surface area contributed by atoms with E-state index in [1.54, 1.807) is 4.68 Å². The number of para-hydroxylation sites is 2. The molecule has 2 N–H and O–H groups in total. The average molecular weight is 223 g/mol. The minimum atomic E-state index is 0.810. The van der Waals surface area contributed by atoms with Crippen molar-refractivity contribution >= 4 is 11.0 Å². The number of nitrogens with zero attached hydrogens (tertiary/aromatic N) is 2. The zero-order chi connectivity index (χ0) is 11.8. The number of aromatic nitrogens is 2. The number of aryl methyl sites for hydroxylation is 1. The fourth-order valence-corrected chi connectivity index (χ4v) is 2.06. The highest BCUT2D eigenvalue weighted by molar-refractivity contribution is 5.81. The lowest BCUT2D eigenvalue weighted by Gasteiger charge is -2.05. The monoisotopic (exact) mass is 223 g/mol. The molecule has 1 heterocycles. The first-order valence-electron chi connectivity index (χ1n) is 5.56. The molecule has 0 saturated carbocycles. The summed E-state index contributed by atoms with van der Waals surface area (Å²) < 4.78 is 1.65. The Bertz CT molecular complexity index is 683. The van der Waals surface area contributed by atoms with E-state index in [2.05, 4.69) is 18.0 Å². The number of imidazole rings is 1. The van der Waals surface area contributed by atoms with Gasteiger partial charge in [0.2, 0.25) is 0 Å². The molecule has 3 aromatic rings. The van der Waals surface area contributed by atoms with Gasteiger partial charge >= 0.3 is 0 Å². The van der Waals surface area contributed by atoms with E-state index in [9.17, 15) is 0 Å². The van der Waals surface area contributed by atoms with Crippen molar-refractivity contribution in [2.75, 3.05) is 5.84 Å². The molecule has 0 fully saturated rings. The second kappa shape index (κ2) is 3.63. The normalized spacial score (nSPS) is 10.9. The van der Waals surface area contributed by atoms with Crippen molar-refractivity contribution < 1.29 is 0 Å². The van der Waals surface area contributed by atoms with E-state index in [1.165, 1.54) is 5.56 Å². The Labute approximate surface area is 99.5 Å². The van der Waals surface area contributed by atoms with Gasteiger partial charge in [0.15, 0.2) is 5.82 Å². The molecule has 0 aliphatic rings. The van der Waals surface area contributed by atoms with Crippen molar-refractivity contribution in [3.8, 4) is 11.4 Å². The summed E-state index contributed by atoms with van der Waals surface area (Å²) in [6.07, 6.45) is 0. The number of hydrogen-bond donors (Lipinski definition) is 1. The van der Waals surface area contributed by atoms with Gasteiger partial charge < -0.3 is 5.84 Å². The lowest BCUT2D eigenvalue weighted by Crippen LogP contribution is -2.09. The van der Waals surface area contributed by atoms with Gasteiger partial charge in [0, 0.05) is 5.56 Å². The Morgan fingerprint density at radius 3 is 2.47 bits per heavy atom. The number of nitrogen functional groups attached to an aromatic ring is 1. The molecule has 3 nitrogen and oxygen atoms in total. The number of benzene rings is 2. The van der Waals surface area contributed by atoms with Crippen LogP contribution in [-0.2, 0) is 0 Å². The quantitative estimate of drug-likeness (QED) is 0.645. The molecule has 2 aromatic carbocycles. The van der Waals surface area contributed by atoms with Crippen LogP contribution in [0.2, 0.25) is 0 Å². The second-order valence-corrected chi connectivity index (χ2v) is 4.11. The van der Waals surface area contributed by atoms with Crippen LogP contribution < -0.4 is 5.84 Å². The fourth-order valence-electron chi connectivity index (χ4n) is 2.06. The van der Waals surface area contributed by atoms with Crippen LogP contribution in [0.25, 0.3) is 22.4 Å². The maximum absolute atomic E-state index is 6.09. The minimum absolute atomic E-state index is 0.810. The molecule has 0 aliphatic heterocycles. The van der Waals surface area contributed by atoms with Crippen molar-refractivity contribution in [1.82, 2.24) is 9.66 Å². The minimum Gasteiger partial charge on any atom is -0.337 e. The molecule has 0 atom stereocenters. The van der Waals surface area contributed by atoms with Crippen molar-refractivity contribution in [1.29, 1.82) is 0 Å². The van der Waals surface area contributed by atoms with Crippen LogP contribution in [0.1, 0.15) is 5.56 Å². The number of hydrogen-bond acceptors (Lipinski definition) is 2. The molecular weight excluding hydrogens is 210 g/mol. The lowest BCUT2D eigenvalue weighted by atomic mass is 10.1. The summed E-state index contributed by atoms with van der Waals surface area (Å²) in [4.78, 5) is 4.58. The van der Waals surface area contributed by atoms with Crippen LogP contribution in [0.4, 0.5) is 0 Å². The Kier molecular flexibility index (Phi) is 2.11. The zero-order valence-corrected chi connectivity index (χ0v) is 9.59. The molecule has 3 heteroatoms. The highest BCUT2D eigenvalue weighted by Crippen LogP contribution is 2.24. The van der Waals surface area contributed by atoms with Gasteiger partial charge in [0.25, 0.3) is 0 Å². The van der Waals surface area contributed by atoms with Crippen LogP contribution in [0.5, 0.6) is 0 Å². The highest BCUT2D eigenvalue weighted by Gasteiger charge is 2.11. The van der Waals surface area contributed by atoms with Crippen LogP contribution in [-0.4, -0.2) is 9.66 Å². The first-order chi connectivity index (χ1) is 8.27. The largest absolute Gasteiger partial charge is 0.337 e. The SMILES string of the molecule is Cc1ccccc1-c1nc2ccccc2n1N. The zero-order valence-electron chi connectivity index (χ0n) is 9.59. The molecule has 0 radical (unpaired) electrons. The van der Waals surface area contributed by atoms with Crippen molar-refractivity contribution in [3.05, 3.63) is 54.1 Å². The molecule has 0 bridgehead atoms. The summed E-state index contributed by atoms with van der Waals surface area (Å²) in [5, 5.41) is 0. The van der Waals surface area contributed by atoms with Gasteiger partial charge in [-0.05, 0) is 24.6 Å². The van der Waals surface area contributed by atoms with Crippen LogP contribution in [0.15, 0.2) is 48.5 Å². The smallest absolute Gasteiger partial charge is 0.159 e. The topological polar surface area (TPSA) is 43.8 Å². The van der Waals surface area contributed by atoms with E-state index in [0.717, 1.165) is 22.4 Å². The van der Waals surface area contributed by atoms with Gasteiger partial charge in [-0.3, -0.25) is 0 Å². The van der Waals surface area contributed by atoms with E-state index < -0.39 is 0 Å². The Morgan fingerprint density at radius 2 is 1.71 bits per heavy atom. The third-order valence-corrected chi connectivity index (χ3v) is 2.98. The predicted octanol–water partition coefficient (Wildman–Crippen LogP) is 2.73. The van der Waals surface area contributed by atoms with Crippen molar-refractivity contribution in [3.63, 3.8) is 0 Å². The summed E-state index contributed by atoms with van der Waals surface area (Å²) in [5.74, 6) is 6.90. The van der Waals surface area contributed by atoms with Gasteiger partial charge in [0.05, 0.1) is 11.0 Å². The van der Waals surface area contributed by atoms with E-state index in [4.69, 9.17) is 5.84 Å². The van der Waals surface area contributed by atoms with E-state index in [1.807, 2.05) is 42.5 Å². The summed E-state index contributed by atoms with van der Waals surface area (Å²) in [7, 11) is 0. The summed E-state index contributed by atoms with van der Waals surface area (Å²) in [6, 6.07) is 16.0. The van der Waals surface area contributed by atoms with Gasteiger partial charge in [0.1, 0.15) is 0 Å². The van der Waals surface area contributed by atoms with E-state index >= 15 is 0 Å². The van der Waals surface area contributed by atoms with Crippen LogP contribution in [0, 0.1) is 6.92 Å². The summed E-state index contributed by atoms with van der Waals surface area (Å²) in [6.45, 7) is 2.06. The Hall–Kier alpha value is -2.29.